The van der Waals surface area contributed by atoms with Gasteiger partial charge in [0.05, 0.1) is 0 Å². The SMILES string of the molecule is Cc1ccc2[nH]c3c(c2c1)C(=O)C(Cn1ccnc1C)CC3.O=C(O)/C=C\C(=O)O. The van der Waals surface area contributed by atoms with Gasteiger partial charge in [0.2, 0.25) is 0 Å². The molecule has 30 heavy (non-hydrogen) atoms. The van der Waals surface area contributed by atoms with E-state index in [1.54, 1.807) is 6.20 Å². The van der Waals surface area contributed by atoms with Crippen LogP contribution in [0.2, 0.25) is 0 Å². The molecule has 2 aromatic heterocycles. The van der Waals surface area contributed by atoms with E-state index in [1.165, 1.54) is 5.56 Å². The van der Waals surface area contributed by atoms with Gasteiger partial charge in [-0.15, -0.1) is 0 Å². The quantitative estimate of drug-likeness (QED) is 0.569. The van der Waals surface area contributed by atoms with Gasteiger partial charge in [-0.2, -0.15) is 0 Å². The van der Waals surface area contributed by atoms with Crippen molar-refractivity contribution < 1.29 is 24.6 Å². The Hall–Kier alpha value is -3.68. The van der Waals surface area contributed by atoms with Crippen molar-refractivity contribution in [1.29, 1.82) is 0 Å². The molecule has 0 fully saturated rings. The van der Waals surface area contributed by atoms with E-state index in [9.17, 15) is 14.4 Å². The minimum atomic E-state index is -1.26. The van der Waals surface area contributed by atoms with Crippen LogP contribution in [-0.4, -0.2) is 42.5 Å². The summed E-state index contributed by atoms with van der Waals surface area (Å²) in [7, 11) is 0. The second-order valence-electron chi connectivity index (χ2n) is 7.26. The largest absolute Gasteiger partial charge is 0.478 e. The summed E-state index contributed by atoms with van der Waals surface area (Å²) in [6.07, 6.45) is 6.70. The van der Waals surface area contributed by atoms with Crippen molar-refractivity contribution in [3.63, 3.8) is 0 Å². The lowest BCUT2D eigenvalue weighted by atomic mass is 9.85. The molecule has 8 nitrogen and oxygen atoms in total. The maximum atomic E-state index is 13.0. The summed E-state index contributed by atoms with van der Waals surface area (Å²) in [5.41, 5.74) is 4.27. The summed E-state index contributed by atoms with van der Waals surface area (Å²) in [5.74, 6) is -1.24. The summed E-state index contributed by atoms with van der Waals surface area (Å²) in [6.45, 7) is 4.77. The van der Waals surface area contributed by atoms with Crippen molar-refractivity contribution in [2.24, 2.45) is 5.92 Å². The molecule has 0 aliphatic heterocycles. The van der Waals surface area contributed by atoms with Gasteiger partial charge in [0.25, 0.3) is 0 Å². The third-order valence-electron chi connectivity index (χ3n) is 5.10. The van der Waals surface area contributed by atoms with Crippen LogP contribution in [0.15, 0.2) is 42.7 Å². The van der Waals surface area contributed by atoms with E-state index >= 15 is 0 Å². The molecule has 3 N–H and O–H groups in total. The Balaban J connectivity index is 0.000000275. The standard InChI is InChI=1S/C18H19N3O.C4H4O4/c1-11-3-5-15-14(9-11)17-16(20-15)6-4-13(18(17)22)10-21-8-7-19-12(21)2;5-3(6)1-2-4(7)8/h3,5,7-9,13,20H,4,6,10H2,1-2H3;1-2H,(H,5,6)(H,7,8)/b;2-1-. The highest BCUT2D eigenvalue weighted by atomic mass is 16.4. The lowest BCUT2D eigenvalue weighted by molar-refractivity contribution is -0.134. The number of nitrogens with zero attached hydrogens (tertiary/aromatic N) is 2. The third kappa shape index (κ3) is 4.65. The normalized spacial score (nSPS) is 15.7. The number of H-pyrrole nitrogens is 1. The first-order valence-corrected chi connectivity index (χ1v) is 9.53. The molecular formula is C22H23N3O5. The van der Waals surface area contributed by atoms with Gasteiger partial charge in [-0.25, -0.2) is 14.6 Å². The highest BCUT2D eigenvalue weighted by Gasteiger charge is 2.31. The summed E-state index contributed by atoms with van der Waals surface area (Å²) in [6, 6.07) is 6.28. The number of benzene rings is 1. The third-order valence-corrected chi connectivity index (χ3v) is 5.10. The first-order chi connectivity index (χ1) is 14.3. The van der Waals surface area contributed by atoms with Gasteiger partial charge in [0, 0.05) is 59.2 Å². The van der Waals surface area contributed by atoms with E-state index in [1.807, 2.05) is 13.1 Å². The topological polar surface area (TPSA) is 125 Å². The van der Waals surface area contributed by atoms with Crippen molar-refractivity contribution in [1.82, 2.24) is 14.5 Å². The highest BCUT2D eigenvalue weighted by molar-refractivity contribution is 6.11. The van der Waals surface area contributed by atoms with Gasteiger partial charge in [0.15, 0.2) is 5.78 Å². The van der Waals surface area contributed by atoms with Gasteiger partial charge in [-0.05, 0) is 38.8 Å². The highest BCUT2D eigenvalue weighted by Crippen LogP contribution is 2.33. The second kappa shape index (κ2) is 8.77. The minimum Gasteiger partial charge on any atom is -0.478 e. The molecule has 1 aromatic carbocycles. The molecule has 0 bridgehead atoms. The lowest BCUT2D eigenvalue weighted by Gasteiger charge is -2.22. The Kier molecular flexibility index (Phi) is 6.15. The number of aliphatic carboxylic acids is 2. The Labute approximate surface area is 172 Å². The molecule has 0 radical (unpaired) electrons. The lowest BCUT2D eigenvalue weighted by Crippen LogP contribution is -2.26. The zero-order chi connectivity index (χ0) is 21.8. The number of carbonyl (C=O) groups is 3. The molecule has 8 heteroatoms. The Morgan fingerprint density at radius 3 is 2.53 bits per heavy atom. The van der Waals surface area contributed by atoms with Crippen LogP contribution in [-0.2, 0) is 22.6 Å². The molecule has 0 amide bonds. The van der Waals surface area contributed by atoms with Crippen LogP contribution in [0.1, 0.15) is 33.9 Å². The fourth-order valence-corrected chi connectivity index (χ4v) is 3.64. The van der Waals surface area contributed by atoms with Crippen molar-refractivity contribution in [3.8, 4) is 0 Å². The van der Waals surface area contributed by atoms with Crippen molar-refractivity contribution in [3.05, 3.63) is 65.4 Å². The number of aromatic amines is 1. The zero-order valence-corrected chi connectivity index (χ0v) is 16.8. The van der Waals surface area contributed by atoms with Gasteiger partial charge in [0.1, 0.15) is 5.82 Å². The number of Topliss-reactive ketones (excluding diaryl/α,β-unsaturated/α-hetero) is 1. The molecule has 0 spiro atoms. The average Bonchev–Trinajstić information content (AvgIpc) is 3.26. The van der Waals surface area contributed by atoms with Gasteiger partial charge < -0.3 is 19.8 Å². The van der Waals surface area contributed by atoms with E-state index < -0.39 is 11.9 Å². The predicted octanol–water partition coefficient (Wildman–Crippen LogP) is 3.14. The number of nitrogens with one attached hydrogen (secondary N) is 1. The minimum absolute atomic E-state index is 0.0416. The van der Waals surface area contributed by atoms with Crippen LogP contribution >= 0.6 is 0 Å². The number of aryl methyl sites for hydroxylation is 3. The maximum Gasteiger partial charge on any atom is 0.328 e. The maximum absolute atomic E-state index is 13.0. The first-order valence-electron chi connectivity index (χ1n) is 9.53. The number of carbonyl (C=O) groups excluding carboxylic acids is 1. The number of imidazole rings is 1. The molecule has 0 saturated heterocycles. The Bertz CT molecular complexity index is 1120. The molecule has 3 aromatic rings. The molecule has 4 rings (SSSR count). The predicted molar refractivity (Wildman–Crippen MR) is 111 cm³/mol. The molecule has 1 aliphatic rings. The van der Waals surface area contributed by atoms with E-state index in [2.05, 4.69) is 39.7 Å². The average molecular weight is 409 g/mol. The molecule has 1 atom stereocenters. The number of ketones is 1. The van der Waals surface area contributed by atoms with Crippen LogP contribution in [0.3, 0.4) is 0 Å². The number of carboxylic acid groups (broad SMARTS) is 2. The summed E-state index contributed by atoms with van der Waals surface area (Å²) >= 11 is 0. The second-order valence-corrected chi connectivity index (χ2v) is 7.26. The number of hydrogen-bond acceptors (Lipinski definition) is 4. The smallest absolute Gasteiger partial charge is 0.328 e. The van der Waals surface area contributed by atoms with Gasteiger partial charge in [-0.3, -0.25) is 4.79 Å². The fourth-order valence-electron chi connectivity index (χ4n) is 3.64. The van der Waals surface area contributed by atoms with Crippen LogP contribution in [0.5, 0.6) is 0 Å². The molecule has 2 heterocycles. The van der Waals surface area contributed by atoms with Crippen molar-refractivity contribution in [2.45, 2.75) is 33.2 Å². The number of aromatic nitrogens is 3. The van der Waals surface area contributed by atoms with E-state index in [-0.39, 0.29) is 11.7 Å². The number of rotatable bonds is 4. The van der Waals surface area contributed by atoms with Crippen molar-refractivity contribution in [2.75, 3.05) is 0 Å². The Morgan fingerprint density at radius 1 is 1.23 bits per heavy atom. The van der Waals surface area contributed by atoms with Crippen LogP contribution in [0.4, 0.5) is 0 Å². The molecular weight excluding hydrogens is 386 g/mol. The number of hydrogen-bond donors (Lipinski definition) is 3. The van der Waals surface area contributed by atoms with E-state index in [0.29, 0.717) is 12.2 Å². The fraction of sp³-hybridized carbons (Fsp3) is 0.273. The summed E-state index contributed by atoms with van der Waals surface area (Å²) in [4.78, 5) is 39.8. The number of fused-ring (bicyclic) bond motifs is 3. The zero-order valence-electron chi connectivity index (χ0n) is 16.8. The van der Waals surface area contributed by atoms with Gasteiger partial charge in [-0.1, -0.05) is 11.6 Å². The van der Waals surface area contributed by atoms with Crippen LogP contribution < -0.4 is 0 Å². The monoisotopic (exact) mass is 409 g/mol. The Morgan fingerprint density at radius 2 is 1.93 bits per heavy atom. The molecule has 1 unspecified atom stereocenters. The van der Waals surface area contributed by atoms with Crippen molar-refractivity contribution >= 4 is 28.6 Å². The molecule has 0 saturated carbocycles. The summed E-state index contributed by atoms with van der Waals surface area (Å²) < 4.78 is 2.08. The van der Waals surface area contributed by atoms with Crippen LogP contribution in [0.25, 0.3) is 10.9 Å². The summed E-state index contributed by atoms with van der Waals surface area (Å²) in [5, 5.41) is 16.7. The molecule has 156 valence electrons. The number of carboxylic acids is 2. The molecule has 1 aliphatic carbocycles. The van der Waals surface area contributed by atoms with Crippen LogP contribution in [0, 0.1) is 19.8 Å². The first kappa shape index (κ1) is 21.0. The van der Waals surface area contributed by atoms with E-state index in [4.69, 9.17) is 10.2 Å². The van der Waals surface area contributed by atoms with Gasteiger partial charge >= 0.3 is 11.9 Å². The van der Waals surface area contributed by atoms with E-state index in [0.717, 1.165) is 47.4 Å².